The van der Waals surface area contributed by atoms with Crippen molar-refractivity contribution in [3.8, 4) is 23.1 Å². The van der Waals surface area contributed by atoms with E-state index in [1.54, 1.807) is 11.9 Å². The first kappa shape index (κ1) is 22.4. The maximum absolute atomic E-state index is 15.6. The third-order valence-corrected chi connectivity index (χ3v) is 5.69. The van der Waals surface area contributed by atoms with E-state index in [1.807, 2.05) is 6.07 Å². The maximum Gasteiger partial charge on any atom is 0.416 e. The first-order chi connectivity index (χ1) is 15.7. The third-order valence-electron chi connectivity index (χ3n) is 5.69. The number of nitriles is 1. The zero-order valence-electron chi connectivity index (χ0n) is 17.8. The molecule has 1 aliphatic heterocycles. The number of hydrogen-bond donors (Lipinski definition) is 0. The Morgan fingerprint density at radius 2 is 1.85 bits per heavy atom. The summed E-state index contributed by atoms with van der Waals surface area (Å²) in [5, 5.41) is 24.9. The molecule has 0 amide bonds. The normalized spacial score (nSPS) is 15.8. The Morgan fingerprint density at radius 3 is 2.42 bits per heavy atom. The fourth-order valence-electron chi connectivity index (χ4n) is 4.04. The van der Waals surface area contributed by atoms with E-state index in [4.69, 9.17) is 4.74 Å². The Morgan fingerprint density at radius 1 is 1.12 bits per heavy atom. The molecule has 2 aromatic heterocycles. The molecule has 0 atom stereocenters. The van der Waals surface area contributed by atoms with Crippen LogP contribution >= 0.6 is 0 Å². The van der Waals surface area contributed by atoms with Gasteiger partial charge in [0.1, 0.15) is 12.4 Å². The summed E-state index contributed by atoms with van der Waals surface area (Å²) in [7, 11) is 3.01. The lowest BCUT2D eigenvalue weighted by Gasteiger charge is -2.38. The standard InChI is InChI=1S/C21H19F4N7O/c1-31-12-28-30-19(31)20(22)3-5-32(6-4-20)18-13(10-26)7-15(21(23,24)25)9-16(18)14-8-17(33-2)29-27-11-14/h7-9,11-12H,3-6H2,1-2H3. The number of anilines is 1. The van der Waals surface area contributed by atoms with Gasteiger partial charge < -0.3 is 14.2 Å². The van der Waals surface area contributed by atoms with E-state index in [0.717, 1.165) is 12.1 Å². The molecule has 1 saturated heterocycles. The number of rotatable bonds is 4. The van der Waals surface area contributed by atoms with E-state index < -0.39 is 17.4 Å². The van der Waals surface area contributed by atoms with Gasteiger partial charge in [0.25, 0.3) is 0 Å². The van der Waals surface area contributed by atoms with Gasteiger partial charge in [-0.3, -0.25) is 0 Å². The van der Waals surface area contributed by atoms with Crippen molar-refractivity contribution in [1.82, 2.24) is 25.0 Å². The molecule has 0 bridgehead atoms. The average molecular weight is 461 g/mol. The molecule has 0 radical (unpaired) electrons. The van der Waals surface area contributed by atoms with Crippen LogP contribution in [-0.2, 0) is 18.9 Å². The van der Waals surface area contributed by atoms with Gasteiger partial charge in [0, 0.05) is 50.2 Å². The van der Waals surface area contributed by atoms with Gasteiger partial charge in [-0.25, -0.2) is 4.39 Å². The number of benzene rings is 1. The second-order valence-corrected chi connectivity index (χ2v) is 7.73. The van der Waals surface area contributed by atoms with Crippen LogP contribution in [0.3, 0.4) is 0 Å². The largest absolute Gasteiger partial charge is 0.480 e. The van der Waals surface area contributed by atoms with Crippen LogP contribution in [0.4, 0.5) is 23.2 Å². The molecule has 1 aliphatic rings. The SMILES string of the molecule is COc1cc(-c2cc(C(F)(F)F)cc(C#N)c2N2CCC(F)(c3nncn3C)CC2)cnn1. The molecule has 33 heavy (non-hydrogen) atoms. The number of halogens is 4. The summed E-state index contributed by atoms with van der Waals surface area (Å²) >= 11 is 0. The predicted molar refractivity (Wildman–Crippen MR) is 109 cm³/mol. The number of nitrogens with zero attached hydrogens (tertiary/aromatic N) is 7. The summed E-state index contributed by atoms with van der Waals surface area (Å²) < 4.78 is 62.9. The smallest absolute Gasteiger partial charge is 0.416 e. The van der Waals surface area contributed by atoms with Gasteiger partial charge in [0.2, 0.25) is 5.88 Å². The lowest BCUT2D eigenvalue weighted by Crippen LogP contribution is -2.42. The summed E-state index contributed by atoms with van der Waals surface area (Å²) in [6, 6.07) is 5.09. The number of hydrogen-bond acceptors (Lipinski definition) is 7. The molecule has 8 nitrogen and oxygen atoms in total. The maximum atomic E-state index is 15.6. The molecule has 12 heteroatoms. The molecule has 0 N–H and O–H groups in total. The summed E-state index contributed by atoms with van der Waals surface area (Å²) in [6.07, 6.45) is -1.89. The zero-order valence-corrected chi connectivity index (χ0v) is 17.8. The van der Waals surface area contributed by atoms with Crippen molar-refractivity contribution in [1.29, 1.82) is 5.26 Å². The molecule has 0 unspecified atom stereocenters. The summed E-state index contributed by atoms with van der Waals surface area (Å²) in [4.78, 5) is 1.72. The Labute approximate surface area is 186 Å². The van der Waals surface area contributed by atoms with Crippen molar-refractivity contribution in [3.05, 3.63) is 47.7 Å². The fourth-order valence-corrected chi connectivity index (χ4v) is 4.04. The van der Waals surface area contributed by atoms with Crippen molar-refractivity contribution in [2.24, 2.45) is 7.05 Å². The first-order valence-corrected chi connectivity index (χ1v) is 9.97. The van der Waals surface area contributed by atoms with Crippen LogP contribution in [-0.4, -0.2) is 45.2 Å². The number of aryl methyl sites for hydroxylation is 1. The first-order valence-electron chi connectivity index (χ1n) is 9.97. The van der Waals surface area contributed by atoms with Crippen LogP contribution in [0.15, 0.2) is 30.7 Å². The zero-order chi connectivity index (χ0) is 23.8. The van der Waals surface area contributed by atoms with Crippen LogP contribution < -0.4 is 9.64 Å². The second kappa shape index (κ2) is 8.31. The molecule has 0 aliphatic carbocycles. The van der Waals surface area contributed by atoms with E-state index in [-0.39, 0.29) is 54.4 Å². The number of methoxy groups -OCH3 is 1. The van der Waals surface area contributed by atoms with Crippen molar-refractivity contribution >= 4 is 5.69 Å². The summed E-state index contributed by atoms with van der Waals surface area (Å²) in [5.41, 5.74) is -2.16. The highest BCUT2D eigenvalue weighted by Crippen LogP contribution is 2.43. The molecule has 3 aromatic rings. The van der Waals surface area contributed by atoms with Crippen LogP contribution in [0.2, 0.25) is 0 Å². The van der Waals surface area contributed by atoms with E-state index in [9.17, 15) is 18.4 Å². The molecule has 0 spiro atoms. The lowest BCUT2D eigenvalue weighted by molar-refractivity contribution is -0.137. The number of piperidine rings is 1. The quantitative estimate of drug-likeness (QED) is 0.548. The minimum atomic E-state index is -4.66. The van der Waals surface area contributed by atoms with Gasteiger partial charge >= 0.3 is 6.18 Å². The molecule has 1 fully saturated rings. The van der Waals surface area contributed by atoms with E-state index in [0.29, 0.717) is 5.56 Å². The van der Waals surface area contributed by atoms with Crippen LogP contribution in [0.1, 0.15) is 29.8 Å². The Bertz CT molecular complexity index is 1210. The van der Waals surface area contributed by atoms with Gasteiger partial charge in [-0.15, -0.1) is 15.3 Å². The van der Waals surface area contributed by atoms with Crippen molar-refractivity contribution < 1.29 is 22.3 Å². The van der Waals surface area contributed by atoms with Gasteiger partial charge in [0.15, 0.2) is 11.5 Å². The molecule has 0 saturated carbocycles. The third kappa shape index (κ3) is 4.18. The van der Waals surface area contributed by atoms with Crippen LogP contribution in [0.25, 0.3) is 11.1 Å². The van der Waals surface area contributed by atoms with Crippen LogP contribution in [0, 0.1) is 11.3 Å². The average Bonchev–Trinajstić information content (AvgIpc) is 3.25. The topological polar surface area (TPSA) is 92.8 Å². The Hall–Kier alpha value is -3.75. The van der Waals surface area contributed by atoms with Gasteiger partial charge in [0.05, 0.1) is 30.1 Å². The summed E-state index contributed by atoms with van der Waals surface area (Å²) in [6.45, 7) is 0.318. The molecule has 4 rings (SSSR count). The monoisotopic (exact) mass is 461 g/mol. The van der Waals surface area contributed by atoms with Gasteiger partial charge in [-0.1, -0.05) is 0 Å². The summed E-state index contributed by atoms with van der Waals surface area (Å²) in [5.74, 6) is 0.302. The molecule has 172 valence electrons. The van der Waals surface area contributed by atoms with Gasteiger partial charge in [-0.2, -0.15) is 23.5 Å². The Kier molecular flexibility index (Phi) is 5.65. The highest BCUT2D eigenvalue weighted by Gasteiger charge is 2.41. The molecule has 3 heterocycles. The fraction of sp³-hybridized carbons (Fsp3) is 0.381. The number of alkyl halides is 4. The van der Waals surface area contributed by atoms with Gasteiger partial charge in [-0.05, 0) is 12.1 Å². The highest BCUT2D eigenvalue weighted by molar-refractivity contribution is 5.84. The molecule has 1 aromatic carbocycles. The van der Waals surface area contributed by atoms with Crippen LogP contribution in [0.5, 0.6) is 5.88 Å². The van der Waals surface area contributed by atoms with E-state index >= 15 is 4.39 Å². The second-order valence-electron chi connectivity index (χ2n) is 7.73. The molecular weight excluding hydrogens is 442 g/mol. The lowest BCUT2D eigenvalue weighted by atomic mass is 9.90. The highest BCUT2D eigenvalue weighted by atomic mass is 19.4. The number of aromatic nitrogens is 5. The van der Waals surface area contributed by atoms with Crippen molar-refractivity contribution in [3.63, 3.8) is 0 Å². The van der Waals surface area contributed by atoms with E-state index in [2.05, 4.69) is 20.4 Å². The minimum absolute atomic E-state index is 0.0305. The van der Waals surface area contributed by atoms with E-state index in [1.165, 1.54) is 30.3 Å². The minimum Gasteiger partial charge on any atom is -0.480 e. The molecular formula is C21H19F4N7O. The van der Waals surface area contributed by atoms with Crippen molar-refractivity contribution in [2.75, 3.05) is 25.1 Å². The number of ether oxygens (including phenoxy) is 1. The van der Waals surface area contributed by atoms with Crippen molar-refractivity contribution in [2.45, 2.75) is 24.7 Å². The Balaban J connectivity index is 1.79. The predicted octanol–water partition coefficient (Wildman–Crippen LogP) is 3.64.